The predicted octanol–water partition coefficient (Wildman–Crippen LogP) is 5.45. The molecule has 0 heterocycles. The lowest BCUT2D eigenvalue weighted by atomic mass is 10.1. The van der Waals surface area contributed by atoms with Crippen LogP contribution < -0.4 is 16.4 Å². The SMILES string of the molecule is C=C(C)NC(CCC(N)=O)C(=C)N[C@@H](CSC/C=C(\C)CC/C=C(\C)CCC=C(C)C)C(=O)O. The Kier molecular flexibility index (Phi) is 16.7. The van der Waals surface area contributed by atoms with E-state index in [9.17, 15) is 14.7 Å². The van der Waals surface area contributed by atoms with E-state index in [-0.39, 0.29) is 12.5 Å². The number of aliphatic carboxylic acids is 1. The molecule has 0 saturated heterocycles. The van der Waals surface area contributed by atoms with Gasteiger partial charge >= 0.3 is 5.97 Å². The van der Waals surface area contributed by atoms with Gasteiger partial charge in [-0.3, -0.25) is 4.79 Å². The van der Waals surface area contributed by atoms with Crippen molar-refractivity contribution in [3.63, 3.8) is 0 Å². The smallest absolute Gasteiger partial charge is 0.326 e. The lowest BCUT2D eigenvalue weighted by molar-refractivity contribution is -0.138. The molecule has 1 amide bonds. The number of hydrogen-bond donors (Lipinski definition) is 4. The van der Waals surface area contributed by atoms with Gasteiger partial charge in [-0.25, -0.2) is 4.79 Å². The quantitative estimate of drug-likeness (QED) is 0.141. The van der Waals surface area contributed by atoms with E-state index >= 15 is 0 Å². The normalized spacial score (nSPS) is 13.6. The summed E-state index contributed by atoms with van der Waals surface area (Å²) in [7, 11) is 0. The first-order valence-electron chi connectivity index (χ1n) is 11.8. The molecule has 0 aliphatic rings. The van der Waals surface area contributed by atoms with E-state index in [2.05, 4.69) is 69.7 Å². The van der Waals surface area contributed by atoms with Crippen LogP contribution in [0.15, 0.2) is 59.5 Å². The summed E-state index contributed by atoms with van der Waals surface area (Å²) in [5.41, 5.74) is 10.6. The highest BCUT2D eigenvalue weighted by atomic mass is 32.2. The van der Waals surface area contributed by atoms with Crippen molar-refractivity contribution in [2.75, 3.05) is 11.5 Å². The molecule has 7 heteroatoms. The molecule has 0 aromatic carbocycles. The first-order valence-corrected chi connectivity index (χ1v) is 13.0. The van der Waals surface area contributed by atoms with Crippen molar-refractivity contribution in [1.82, 2.24) is 10.6 Å². The van der Waals surface area contributed by atoms with E-state index in [1.165, 1.54) is 16.7 Å². The van der Waals surface area contributed by atoms with E-state index in [4.69, 9.17) is 5.73 Å². The number of thioether (sulfide) groups is 1. The number of nitrogens with one attached hydrogen (secondary N) is 2. The third-order valence-corrected chi connectivity index (χ3v) is 6.11. The van der Waals surface area contributed by atoms with Crippen molar-refractivity contribution in [1.29, 1.82) is 0 Å². The Bertz CT molecular complexity index is 780. The molecule has 0 aromatic rings. The summed E-state index contributed by atoms with van der Waals surface area (Å²) >= 11 is 1.56. The minimum atomic E-state index is -0.938. The number of carbonyl (C=O) groups excluding carboxylic acids is 1. The monoisotopic (exact) mass is 491 g/mol. The summed E-state index contributed by atoms with van der Waals surface area (Å²) in [6, 6.07) is -1.10. The molecule has 192 valence electrons. The Labute approximate surface area is 210 Å². The maximum absolute atomic E-state index is 11.7. The zero-order valence-corrected chi connectivity index (χ0v) is 22.5. The molecule has 34 heavy (non-hydrogen) atoms. The van der Waals surface area contributed by atoms with Crippen molar-refractivity contribution < 1.29 is 14.7 Å². The molecule has 1 unspecified atom stereocenters. The number of carbonyl (C=O) groups is 2. The molecule has 2 atom stereocenters. The minimum Gasteiger partial charge on any atom is -0.480 e. The summed E-state index contributed by atoms with van der Waals surface area (Å²) in [6.45, 7) is 18.1. The second-order valence-corrected chi connectivity index (χ2v) is 10.1. The summed E-state index contributed by atoms with van der Waals surface area (Å²) in [4.78, 5) is 22.9. The van der Waals surface area contributed by atoms with Crippen LogP contribution in [-0.4, -0.2) is 40.6 Å². The maximum atomic E-state index is 11.7. The summed E-state index contributed by atoms with van der Waals surface area (Å²) in [5.74, 6) is -0.200. The number of nitrogens with two attached hydrogens (primary N) is 1. The third-order valence-electron chi connectivity index (χ3n) is 5.14. The van der Waals surface area contributed by atoms with Gasteiger partial charge < -0.3 is 21.5 Å². The van der Waals surface area contributed by atoms with E-state index in [1.54, 1.807) is 18.7 Å². The van der Waals surface area contributed by atoms with Crippen molar-refractivity contribution in [2.24, 2.45) is 5.73 Å². The highest BCUT2D eigenvalue weighted by Crippen LogP contribution is 2.14. The van der Waals surface area contributed by atoms with Crippen LogP contribution >= 0.6 is 11.8 Å². The van der Waals surface area contributed by atoms with Crippen LogP contribution in [0.3, 0.4) is 0 Å². The van der Waals surface area contributed by atoms with Crippen LogP contribution in [-0.2, 0) is 9.59 Å². The van der Waals surface area contributed by atoms with Crippen molar-refractivity contribution in [2.45, 2.75) is 85.2 Å². The Morgan fingerprint density at radius 3 is 2.03 bits per heavy atom. The van der Waals surface area contributed by atoms with Gasteiger partial charge in [0.2, 0.25) is 5.91 Å². The maximum Gasteiger partial charge on any atom is 0.326 e. The van der Waals surface area contributed by atoms with Gasteiger partial charge in [-0.1, -0.05) is 48.1 Å². The van der Waals surface area contributed by atoms with E-state index in [0.717, 1.165) is 31.4 Å². The van der Waals surface area contributed by atoms with Crippen molar-refractivity contribution in [3.8, 4) is 0 Å². The van der Waals surface area contributed by atoms with Gasteiger partial charge in [-0.05, 0) is 66.7 Å². The number of carboxylic acids is 1. The molecule has 6 nitrogen and oxygen atoms in total. The fourth-order valence-corrected chi connectivity index (χ4v) is 4.14. The van der Waals surface area contributed by atoms with Gasteiger partial charge in [-0.2, -0.15) is 11.8 Å². The first-order chi connectivity index (χ1) is 15.9. The number of carboxylic acid groups (broad SMARTS) is 1. The number of primary amides is 1. The predicted molar refractivity (Wildman–Crippen MR) is 147 cm³/mol. The molecular weight excluding hydrogens is 446 g/mol. The summed E-state index contributed by atoms with van der Waals surface area (Å²) in [6.07, 6.45) is 11.6. The average Bonchev–Trinajstić information content (AvgIpc) is 2.72. The molecule has 0 saturated carbocycles. The summed E-state index contributed by atoms with van der Waals surface area (Å²) in [5, 5.41) is 15.7. The fourth-order valence-electron chi connectivity index (χ4n) is 3.14. The van der Waals surface area contributed by atoms with Gasteiger partial charge in [0.05, 0.1) is 6.04 Å². The third kappa shape index (κ3) is 17.1. The molecule has 0 fully saturated rings. The lowest BCUT2D eigenvalue weighted by Crippen LogP contribution is -2.44. The van der Waals surface area contributed by atoms with Crippen LogP contribution in [0.4, 0.5) is 0 Å². The minimum absolute atomic E-state index is 0.173. The van der Waals surface area contributed by atoms with Crippen LogP contribution in [0.5, 0.6) is 0 Å². The zero-order chi connectivity index (χ0) is 26.1. The Morgan fingerprint density at radius 2 is 1.50 bits per heavy atom. The number of allylic oxidation sites excluding steroid dienone is 6. The van der Waals surface area contributed by atoms with E-state index in [1.807, 2.05) is 0 Å². The van der Waals surface area contributed by atoms with Gasteiger partial charge in [0, 0.05) is 29.3 Å². The molecule has 5 N–H and O–H groups in total. The molecule has 0 bridgehead atoms. The van der Waals surface area contributed by atoms with Gasteiger partial charge in [-0.15, -0.1) is 0 Å². The molecule has 0 rings (SSSR count). The van der Waals surface area contributed by atoms with Crippen LogP contribution in [0.25, 0.3) is 0 Å². The lowest BCUT2D eigenvalue weighted by Gasteiger charge is -2.25. The number of rotatable bonds is 19. The largest absolute Gasteiger partial charge is 0.480 e. The van der Waals surface area contributed by atoms with Crippen molar-refractivity contribution >= 4 is 23.6 Å². The standard InChI is InChI=1S/C27H45N3O3S/c1-19(2)10-8-11-21(5)12-9-13-22(6)16-17-34-18-25(27(32)33)30-23(7)24(29-20(3)4)14-15-26(28)31/h10,12,16,24-25,29-30H,3,7-9,11,13-15,17-18H2,1-2,4-6H3,(H2,28,31)(H,32,33)/b21-12+,22-16+/t24?,25-/m0/s1. The van der Waals surface area contributed by atoms with Crippen molar-refractivity contribution in [3.05, 3.63) is 59.5 Å². The molecular formula is C27H45N3O3S. The highest BCUT2D eigenvalue weighted by molar-refractivity contribution is 7.99. The summed E-state index contributed by atoms with van der Waals surface area (Å²) < 4.78 is 0. The second-order valence-electron chi connectivity index (χ2n) is 9.04. The van der Waals surface area contributed by atoms with Gasteiger partial charge in [0.15, 0.2) is 0 Å². The molecule has 0 aliphatic heterocycles. The topological polar surface area (TPSA) is 104 Å². The average molecular weight is 492 g/mol. The van der Waals surface area contributed by atoms with Gasteiger partial charge in [0.25, 0.3) is 0 Å². The Hall–Kier alpha value is -2.41. The molecule has 0 aromatic heterocycles. The molecule has 0 radical (unpaired) electrons. The zero-order valence-electron chi connectivity index (χ0n) is 21.7. The Morgan fingerprint density at radius 1 is 0.912 bits per heavy atom. The van der Waals surface area contributed by atoms with E-state index < -0.39 is 17.9 Å². The Balaban J connectivity index is 4.59. The number of hydrogen-bond acceptors (Lipinski definition) is 5. The van der Waals surface area contributed by atoms with Crippen LogP contribution in [0, 0.1) is 0 Å². The fraction of sp³-hybridized carbons (Fsp3) is 0.556. The van der Waals surface area contributed by atoms with E-state index in [0.29, 0.717) is 23.6 Å². The van der Waals surface area contributed by atoms with Crippen LogP contribution in [0.1, 0.15) is 73.1 Å². The second kappa shape index (κ2) is 18.0. The van der Waals surface area contributed by atoms with Gasteiger partial charge in [0.1, 0.15) is 6.04 Å². The molecule has 0 spiro atoms. The first kappa shape index (κ1) is 31.6. The van der Waals surface area contributed by atoms with Crippen LogP contribution in [0.2, 0.25) is 0 Å². The highest BCUT2D eigenvalue weighted by Gasteiger charge is 2.21. The molecule has 0 aliphatic carbocycles. The number of amides is 1.